The van der Waals surface area contributed by atoms with Gasteiger partial charge in [-0.25, -0.2) is 12.8 Å². The Labute approximate surface area is 144 Å². The number of benzene rings is 3. The number of anilines is 1. The van der Waals surface area contributed by atoms with Crippen LogP contribution in [0.2, 0.25) is 0 Å². The standard InChI is InChI=1S/C18H14FNO2S2/c19-14-7-9-15(10-8-14)23-12-11-20-16-5-1-3-13-4-2-6-17(18(13)16)24(20,21)22/h1-10H,11-12H2. The predicted molar refractivity (Wildman–Crippen MR) is 95.6 cm³/mol. The Balaban J connectivity index is 1.60. The second kappa shape index (κ2) is 5.79. The summed E-state index contributed by atoms with van der Waals surface area (Å²) in [5.41, 5.74) is 0.739. The smallest absolute Gasteiger partial charge is 0.265 e. The van der Waals surface area contributed by atoms with Crippen LogP contribution in [0.3, 0.4) is 0 Å². The molecule has 0 atom stereocenters. The number of nitrogens with zero attached hydrogens (tertiary/aromatic N) is 1. The molecule has 1 aliphatic rings. The normalized spacial score (nSPS) is 15.1. The zero-order valence-corrected chi connectivity index (χ0v) is 14.3. The van der Waals surface area contributed by atoms with E-state index in [-0.39, 0.29) is 5.82 Å². The minimum Gasteiger partial charge on any atom is -0.265 e. The summed E-state index contributed by atoms with van der Waals surface area (Å²) in [6.07, 6.45) is 0. The molecule has 4 rings (SSSR count). The Morgan fingerprint density at radius 1 is 0.958 bits per heavy atom. The van der Waals surface area contributed by atoms with Crippen LogP contribution in [0.4, 0.5) is 10.1 Å². The van der Waals surface area contributed by atoms with Gasteiger partial charge in [0.15, 0.2) is 0 Å². The molecule has 0 spiro atoms. The SMILES string of the molecule is O=S1(=O)c2cccc3cccc(c23)N1CCSc1ccc(F)cc1. The zero-order chi connectivity index (χ0) is 16.7. The van der Waals surface area contributed by atoms with Crippen molar-refractivity contribution in [2.75, 3.05) is 16.6 Å². The third kappa shape index (κ3) is 2.46. The van der Waals surface area contributed by atoms with Gasteiger partial charge < -0.3 is 0 Å². The van der Waals surface area contributed by atoms with E-state index < -0.39 is 10.0 Å². The molecule has 3 aromatic carbocycles. The van der Waals surface area contributed by atoms with Crippen LogP contribution >= 0.6 is 11.8 Å². The lowest BCUT2D eigenvalue weighted by Gasteiger charge is -2.18. The summed E-state index contributed by atoms with van der Waals surface area (Å²) < 4.78 is 40.0. The zero-order valence-electron chi connectivity index (χ0n) is 12.6. The van der Waals surface area contributed by atoms with Crippen molar-refractivity contribution in [1.82, 2.24) is 0 Å². The summed E-state index contributed by atoms with van der Waals surface area (Å²) in [6.45, 7) is 0.373. The van der Waals surface area contributed by atoms with E-state index in [0.29, 0.717) is 17.2 Å². The molecule has 1 aliphatic heterocycles. The van der Waals surface area contributed by atoms with E-state index in [9.17, 15) is 12.8 Å². The lowest BCUT2D eigenvalue weighted by atomic mass is 10.1. The highest BCUT2D eigenvalue weighted by Crippen LogP contribution is 2.42. The van der Waals surface area contributed by atoms with Crippen LogP contribution < -0.4 is 4.31 Å². The highest BCUT2D eigenvalue weighted by atomic mass is 32.2. The first kappa shape index (κ1) is 15.5. The van der Waals surface area contributed by atoms with E-state index in [1.54, 1.807) is 24.3 Å². The summed E-state index contributed by atoms with van der Waals surface area (Å²) in [4.78, 5) is 1.30. The highest BCUT2D eigenvalue weighted by molar-refractivity contribution is 7.99. The molecule has 0 amide bonds. The Kier molecular flexibility index (Phi) is 3.73. The molecule has 0 saturated carbocycles. The summed E-state index contributed by atoms with van der Waals surface area (Å²) in [7, 11) is -3.50. The maximum absolute atomic E-state index is 12.9. The molecule has 0 unspecified atom stereocenters. The number of hydrogen-bond donors (Lipinski definition) is 0. The van der Waals surface area contributed by atoms with E-state index in [4.69, 9.17) is 0 Å². The predicted octanol–water partition coefficient (Wildman–Crippen LogP) is 4.28. The number of sulfonamides is 1. The average molecular weight is 359 g/mol. The minimum atomic E-state index is -3.50. The molecule has 24 heavy (non-hydrogen) atoms. The Hall–Kier alpha value is -2.05. The molecule has 0 fully saturated rings. The van der Waals surface area contributed by atoms with Crippen molar-refractivity contribution in [3.8, 4) is 0 Å². The molecule has 6 heteroatoms. The van der Waals surface area contributed by atoms with Crippen molar-refractivity contribution in [3.05, 3.63) is 66.5 Å². The van der Waals surface area contributed by atoms with Gasteiger partial charge in [-0.15, -0.1) is 11.8 Å². The van der Waals surface area contributed by atoms with Gasteiger partial charge in [0.2, 0.25) is 0 Å². The fourth-order valence-corrected chi connectivity index (χ4v) is 5.64. The lowest BCUT2D eigenvalue weighted by molar-refractivity contribution is 0.595. The Bertz CT molecular complexity index is 1010. The Morgan fingerprint density at radius 2 is 1.67 bits per heavy atom. The largest absolute Gasteiger partial charge is 0.265 e. The minimum absolute atomic E-state index is 0.274. The molecular formula is C18H14FNO2S2. The molecule has 3 aromatic rings. The van der Waals surface area contributed by atoms with Crippen LogP contribution in [0.5, 0.6) is 0 Å². The van der Waals surface area contributed by atoms with E-state index in [0.717, 1.165) is 21.4 Å². The van der Waals surface area contributed by atoms with E-state index in [1.807, 2.05) is 24.3 Å². The molecule has 0 saturated heterocycles. The highest BCUT2D eigenvalue weighted by Gasteiger charge is 2.34. The molecule has 122 valence electrons. The summed E-state index contributed by atoms with van der Waals surface area (Å²) >= 11 is 1.51. The van der Waals surface area contributed by atoms with Crippen LogP contribution in [-0.2, 0) is 10.0 Å². The molecule has 0 aliphatic carbocycles. The van der Waals surface area contributed by atoms with Gasteiger partial charge in [0.25, 0.3) is 10.0 Å². The topological polar surface area (TPSA) is 37.4 Å². The van der Waals surface area contributed by atoms with Gasteiger partial charge in [0.1, 0.15) is 5.82 Å². The van der Waals surface area contributed by atoms with Crippen molar-refractivity contribution in [1.29, 1.82) is 0 Å². The third-order valence-corrected chi connectivity index (χ3v) is 6.91. The molecular weight excluding hydrogens is 345 g/mol. The van der Waals surface area contributed by atoms with Crippen molar-refractivity contribution in [2.45, 2.75) is 9.79 Å². The number of thioether (sulfide) groups is 1. The third-order valence-electron chi connectivity index (χ3n) is 4.06. The molecule has 0 aromatic heterocycles. The maximum atomic E-state index is 12.9. The van der Waals surface area contributed by atoms with Gasteiger partial charge in [-0.3, -0.25) is 4.31 Å². The van der Waals surface area contributed by atoms with Gasteiger partial charge in [0.05, 0.1) is 10.6 Å². The van der Waals surface area contributed by atoms with E-state index in [2.05, 4.69) is 0 Å². The fourth-order valence-electron chi connectivity index (χ4n) is 2.98. The molecule has 0 radical (unpaired) electrons. The first-order valence-corrected chi connectivity index (χ1v) is 9.93. The second-order valence-electron chi connectivity index (χ2n) is 5.51. The monoisotopic (exact) mass is 359 g/mol. The van der Waals surface area contributed by atoms with Crippen molar-refractivity contribution in [2.24, 2.45) is 0 Å². The van der Waals surface area contributed by atoms with Gasteiger partial charge in [0, 0.05) is 22.6 Å². The van der Waals surface area contributed by atoms with Crippen LogP contribution in [0, 0.1) is 5.82 Å². The van der Waals surface area contributed by atoms with E-state index >= 15 is 0 Å². The number of rotatable bonds is 4. The molecule has 0 N–H and O–H groups in total. The average Bonchev–Trinajstić information content (AvgIpc) is 2.80. The molecule has 0 bridgehead atoms. The van der Waals surface area contributed by atoms with Gasteiger partial charge >= 0.3 is 0 Å². The maximum Gasteiger partial charge on any atom is 0.265 e. The van der Waals surface area contributed by atoms with Crippen molar-refractivity contribution in [3.63, 3.8) is 0 Å². The van der Waals surface area contributed by atoms with Crippen molar-refractivity contribution < 1.29 is 12.8 Å². The second-order valence-corrected chi connectivity index (χ2v) is 8.51. The van der Waals surface area contributed by atoms with Crippen LogP contribution in [0.15, 0.2) is 70.5 Å². The number of halogens is 1. The molecule has 3 nitrogen and oxygen atoms in total. The Morgan fingerprint density at radius 3 is 2.42 bits per heavy atom. The van der Waals surface area contributed by atoms with Crippen LogP contribution in [-0.4, -0.2) is 20.7 Å². The first-order chi connectivity index (χ1) is 11.6. The van der Waals surface area contributed by atoms with Crippen molar-refractivity contribution >= 4 is 38.2 Å². The summed E-state index contributed by atoms with van der Waals surface area (Å²) in [5, 5.41) is 1.73. The molecule has 1 heterocycles. The van der Waals surface area contributed by atoms with Crippen LogP contribution in [0.1, 0.15) is 0 Å². The van der Waals surface area contributed by atoms with Crippen LogP contribution in [0.25, 0.3) is 10.8 Å². The van der Waals surface area contributed by atoms with Gasteiger partial charge in [-0.2, -0.15) is 0 Å². The quantitative estimate of drug-likeness (QED) is 0.653. The first-order valence-electron chi connectivity index (χ1n) is 7.50. The fraction of sp³-hybridized carbons (Fsp3) is 0.111. The summed E-state index contributed by atoms with van der Waals surface area (Å²) in [5.74, 6) is 0.318. The van der Waals surface area contributed by atoms with E-state index in [1.165, 1.54) is 28.2 Å². The lowest BCUT2D eigenvalue weighted by Crippen LogP contribution is -2.29. The van der Waals surface area contributed by atoms with Gasteiger partial charge in [-0.05, 0) is 41.8 Å². The summed E-state index contributed by atoms with van der Waals surface area (Å²) in [6, 6.07) is 17.2. The van der Waals surface area contributed by atoms with Gasteiger partial charge in [-0.1, -0.05) is 24.3 Å². The number of hydrogen-bond acceptors (Lipinski definition) is 3.